The molecule has 1 aliphatic rings. The van der Waals surface area contributed by atoms with Gasteiger partial charge in [-0.1, -0.05) is 26.7 Å². The van der Waals surface area contributed by atoms with Crippen molar-refractivity contribution in [2.24, 2.45) is 11.7 Å². The summed E-state index contributed by atoms with van der Waals surface area (Å²) in [5.74, 6) is -0.229. The van der Waals surface area contributed by atoms with Gasteiger partial charge in [0, 0.05) is 6.04 Å². The van der Waals surface area contributed by atoms with Crippen LogP contribution in [0.3, 0.4) is 0 Å². The Morgan fingerprint density at radius 1 is 1.41 bits per heavy atom. The van der Waals surface area contributed by atoms with Gasteiger partial charge in [0.05, 0.1) is 0 Å². The summed E-state index contributed by atoms with van der Waals surface area (Å²) in [5, 5.41) is 9.29. The lowest BCUT2D eigenvalue weighted by Crippen LogP contribution is -2.52. The van der Waals surface area contributed by atoms with Crippen molar-refractivity contribution in [2.45, 2.75) is 58.0 Å². The van der Waals surface area contributed by atoms with Crippen LogP contribution in [0.5, 0.6) is 0 Å². The van der Waals surface area contributed by atoms with Crippen LogP contribution in [-0.2, 0) is 4.79 Å². The molecule has 1 aliphatic carbocycles. The molecule has 17 heavy (non-hydrogen) atoms. The monoisotopic (exact) mass is 242 g/mol. The first-order valence-corrected chi connectivity index (χ1v) is 6.84. The minimum atomic E-state index is -0.698. The van der Waals surface area contributed by atoms with Crippen molar-refractivity contribution >= 4 is 5.97 Å². The maximum atomic E-state index is 11.3. The Bertz CT molecular complexity index is 246. The fourth-order valence-electron chi connectivity index (χ4n) is 3.14. The van der Waals surface area contributed by atoms with Crippen LogP contribution < -0.4 is 5.73 Å². The Morgan fingerprint density at radius 2 is 2.06 bits per heavy atom. The highest BCUT2D eigenvalue weighted by Gasteiger charge is 2.34. The lowest BCUT2D eigenvalue weighted by molar-refractivity contribution is -0.145. The van der Waals surface area contributed by atoms with Gasteiger partial charge < -0.3 is 10.8 Å². The minimum absolute atomic E-state index is 0.350. The maximum Gasteiger partial charge on any atom is 0.320 e. The van der Waals surface area contributed by atoms with Crippen LogP contribution in [0.2, 0.25) is 0 Å². The first-order chi connectivity index (χ1) is 8.15. The number of carboxylic acids is 1. The zero-order valence-corrected chi connectivity index (χ0v) is 11.1. The third kappa shape index (κ3) is 3.42. The molecule has 0 amide bonds. The highest BCUT2D eigenvalue weighted by atomic mass is 16.4. The van der Waals surface area contributed by atoms with Gasteiger partial charge >= 0.3 is 5.97 Å². The first kappa shape index (κ1) is 14.5. The van der Waals surface area contributed by atoms with Crippen LogP contribution in [0, 0.1) is 5.92 Å². The molecule has 0 aromatic heterocycles. The second-order valence-electron chi connectivity index (χ2n) is 4.94. The molecule has 0 bridgehead atoms. The second kappa shape index (κ2) is 6.97. The molecule has 0 radical (unpaired) electrons. The number of likely N-dealkylation sites (N-methyl/N-ethyl adjacent to an activating group) is 1. The number of nitrogens with zero attached hydrogens (tertiary/aromatic N) is 1. The molecule has 0 saturated heterocycles. The van der Waals surface area contributed by atoms with Gasteiger partial charge in [-0.05, 0) is 38.3 Å². The summed E-state index contributed by atoms with van der Waals surface area (Å²) in [6.45, 7) is 5.47. The second-order valence-corrected chi connectivity index (χ2v) is 4.94. The highest BCUT2D eigenvalue weighted by molar-refractivity contribution is 5.73. The summed E-state index contributed by atoms with van der Waals surface area (Å²) in [6.07, 6.45) is 5.34. The number of nitrogens with two attached hydrogens (primary N) is 1. The van der Waals surface area contributed by atoms with Crippen LogP contribution in [0.1, 0.15) is 46.0 Å². The molecule has 0 heterocycles. The quantitative estimate of drug-likeness (QED) is 0.744. The first-order valence-electron chi connectivity index (χ1n) is 6.84. The number of carboxylic acid groups (broad SMARTS) is 1. The molecule has 100 valence electrons. The summed E-state index contributed by atoms with van der Waals surface area (Å²) >= 11 is 0. The molecular weight excluding hydrogens is 216 g/mol. The lowest BCUT2D eigenvalue weighted by Gasteiger charge is -2.41. The topological polar surface area (TPSA) is 66.6 Å². The average Bonchev–Trinajstić information content (AvgIpc) is 2.35. The average molecular weight is 242 g/mol. The fraction of sp³-hybridized carbons (Fsp3) is 0.923. The summed E-state index contributed by atoms with van der Waals surface area (Å²) in [5.41, 5.74) is 5.83. The molecule has 0 aromatic rings. The van der Waals surface area contributed by atoms with Gasteiger partial charge in [0.2, 0.25) is 0 Å². The van der Waals surface area contributed by atoms with Crippen molar-refractivity contribution in [3.8, 4) is 0 Å². The summed E-state index contributed by atoms with van der Waals surface area (Å²) < 4.78 is 0. The van der Waals surface area contributed by atoms with E-state index in [-0.39, 0.29) is 6.04 Å². The van der Waals surface area contributed by atoms with Gasteiger partial charge in [0.15, 0.2) is 0 Å². The third-order valence-corrected chi connectivity index (χ3v) is 4.03. The van der Waals surface area contributed by atoms with Gasteiger partial charge in [-0.3, -0.25) is 9.69 Å². The molecule has 3 atom stereocenters. The van der Waals surface area contributed by atoms with Gasteiger partial charge in [-0.2, -0.15) is 0 Å². The van der Waals surface area contributed by atoms with E-state index < -0.39 is 5.97 Å². The van der Waals surface area contributed by atoms with Crippen LogP contribution in [0.15, 0.2) is 0 Å². The van der Waals surface area contributed by atoms with Gasteiger partial charge in [0.25, 0.3) is 0 Å². The van der Waals surface area contributed by atoms with Crippen LogP contribution >= 0.6 is 0 Å². The molecule has 0 aliphatic heterocycles. The van der Waals surface area contributed by atoms with E-state index in [1.54, 1.807) is 0 Å². The Hall–Kier alpha value is -0.610. The molecule has 3 N–H and O–H groups in total. The molecule has 4 heteroatoms. The number of hydrogen-bond donors (Lipinski definition) is 2. The predicted octanol–water partition coefficient (Wildman–Crippen LogP) is 1.69. The van der Waals surface area contributed by atoms with Gasteiger partial charge in [-0.15, -0.1) is 0 Å². The van der Waals surface area contributed by atoms with Crippen LogP contribution in [0.25, 0.3) is 0 Å². The molecule has 0 spiro atoms. The number of carbonyl (C=O) groups is 1. The molecule has 1 rings (SSSR count). The van der Waals surface area contributed by atoms with E-state index in [4.69, 9.17) is 5.73 Å². The third-order valence-electron chi connectivity index (χ3n) is 4.03. The van der Waals surface area contributed by atoms with Crippen molar-refractivity contribution in [2.75, 3.05) is 13.1 Å². The predicted molar refractivity (Wildman–Crippen MR) is 68.9 cm³/mol. The lowest BCUT2D eigenvalue weighted by atomic mass is 9.82. The smallest absolute Gasteiger partial charge is 0.320 e. The largest absolute Gasteiger partial charge is 0.480 e. The number of hydrogen-bond acceptors (Lipinski definition) is 3. The van der Waals surface area contributed by atoms with Crippen molar-refractivity contribution in [1.82, 2.24) is 4.90 Å². The molecule has 1 fully saturated rings. The standard InChI is InChI=1S/C13H26N2O2/c1-3-11(13(16)17)15(4-2)12-8-6-5-7-10(12)9-14/h10-12H,3-9,14H2,1-2H3,(H,16,17). The van der Waals surface area contributed by atoms with E-state index >= 15 is 0 Å². The molecule has 1 saturated carbocycles. The van der Waals surface area contributed by atoms with Gasteiger partial charge in [-0.25, -0.2) is 0 Å². The summed E-state index contributed by atoms with van der Waals surface area (Å²) in [6, 6.07) is 0.0111. The van der Waals surface area contributed by atoms with E-state index in [1.165, 1.54) is 12.8 Å². The maximum absolute atomic E-state index is 11.3. The molecule has 0 aromatic carbocycles. The van der Waals surface area contributed by atoms with Crippen molar-refractivity contribution in [1.29, 1.82) is 0 Å². The van der Waals surface area contributed by atoms with E-state index in [9.17, 15) is 9.90 Å². The van der Waals surface area contributed by atoms with Crippen molar-refractivity contribution in [3.63, 3.8) is 0 Å². The molecule has 4 nitrogen and oxygen atoms in total. The molecule has 3 unspecified atom stereocenters. The molecular formula is C13H26N2O2. The highest BCUT2D eigenvalue weighted by Crippen LogP contribution is 2.29. The Labute approximate surface area is 104 Å². The minimum Gasteiger partial charge on any atom is -0.480 e. The fourth-order valence-corrected chi connectivity index (χ4v) is 3.14. The Morgan fingerprint density at radius 3 is 2.53 bits per heavy atom. The van der Waals surface area contributed by atoms with Crippen molar-refractivity contribution in [3.05, 3.63) is 0 Å². The van der Waals surface area contributed by atoms with Crippen molar-refractivity contribution < 1.29 is 9.90 Å². The van der Waals surface area contributed by atoms with Gasteiger partial charge in [0.1, 0.15) is 6.04 Å². The SMILES string of the molecule is CCC(C(=O)O)N(CC)C1CCCCC1CN. The van der Waals surface area contributed by atoms with E-state index in [0.717, 1.165) is 19.4 Å². The van der Waals surface area contributed by atoms with E-state index in [2.05, 4.69) is 4.90 Å². The van der Waals surface area contributed by atoms with E-state index in [0.29, 0.717) is 24.9 Å². The number of rotatable bonds is 6. The number of aliphatic carboxylic acids is 1. The normalized spacial score (nSPS) is 27.1. The Kier molecular flexibility index (Phi) is 5.92. The van der Waals surface area contributed by atoms with Crippen LogP contribution in [-0.4, -0.2) is 41.1 Å². The summed E-state index contributed by atoms with van der Waals surface area (Å²) in [7, 11) is 0. The zero-order valence-electron chi connectivity index (χ0n) is 11.1. The zero-order chi connectivity index (χ0) is 12.8. The van der Waals surface area contributed by atoms with Crippen LogP contribution in [0.4, 0.5) is 0 Å². The van der Waals surface area contributed by atoms with E-state index in [1.807, 2.05) is 13.8 Å². The Balaban J connectivity index is 2.79. The summed E-state index contributed by atoms with van der Waals surface area (Å²) in [4.78, 5) is 13.4.